The number of ketones is 2. The molecule has 1 unspecified atom stereocenters. The van der Waals surface area contributed by atoms with Gasteiger partial charge in [0.1, 0.15) is 0 Å². The van der Waals surface area contributed by atoms with Gasteiger partial charge in [0.15, 0.2) is 11.6 Å². The average molecular weight is 382 g/mol. The van der Waals surface area contributed by atoms with Crippen LogP contribution in [0.1, 0.15) is 69.9 Å². The van der Waals surface area contributed by atoms with E-state index in [-0.39, 0.29) is 17.6 Å². The van der Waals surface area contributed by atoms with Crippen LogP contribution in [0.25, 0.3) is 0 Å². The topological polar surface area (TPSA) is 65.2 Å². The van der Waals surface area contributed by atoms with Gasteiger partial charge in [-0.25, -0.2) is 0 Å². The molecule has 1 aliphatic rings. The SMILES string of the molecule is CC(=O)c1c(C)[nH]c(C(=O)C(C)NCc2ccccc2CN2CCCC2)c1C. The maximum Gasteiger partial charge on any atom is 0.195 e. The van der Waals surface area contributed by atoms with Gasteiger partial charge in [0, 0.05) is 24.3 Å². The fourth-order valence-corrected chi connectivity index (χ4v) is 4.16. The maximum atomic E-state index is 12.9. The number of nitrogens with one attached hydrogen (secondary N) is 2. The third-order valence-electron chi connectivity index (χ3n) is 5.74. The molecule has 0 saturated carbocycles. The summed E-state index contributed by atoms with van der Waals surface area (Å²) in [5.41, 5.74) is 5.23. The maximum absolute atomic E-state index is 12.9. The first-order chi connectivity index (χ1) is 13.4. The molecule has 0 spiro atoms. The highest BCUT2D eigenvalue weighted by atomic mass is 16.1. The monoisotopic (exact) mass is 381 g/mol. The molecule has 2 aromatic rings. The van der Waals surface area contributed by atoms with Crippen molar-refractivity contribution in [3.63, 3.8) is 0 Å². The molecule has 1 aromatic heterocycles. The number of H-pyrrole nitrogens is 1. The molecular weight excluding hydrogens is 350 g/mol. The molecule has 0 amide bonds. The second-order valence-electron chi connectivity index (χ2n) is 7.90. The van der Waals surface area contributed by atoms with E-state index in [2.05, 4.69) is 39.5 Å². The van der Waals surface area contributed by atoms with Gasteiger partial charge in [-0.1, -0.05) is 24.3 Å². The largest absolute Gasteiger partial charge is 0.355 e. The normalized spacial score (nSPS) is 15.7. The molecule has 0 bridgehead atoms. The van der Waals surface area contributed by atoms with Gasteiger partial charge >= 0.3 is 0 Å². The molecule has 5 nitrogen and oxygen atoms in total. The Balaban J connectivity index is 1.67. The standard InChI is InChI=1S/C23H31N3O2/c1-15-21(18(4)27)16(2)25-22(15)23(28)17(3)24-13-19-9-5-6-10-20(19)14-26-11-7-8-12-26/h5-6,9-10,17,24-25H,7-8,11-14H2,1-4H3. The first-order valence-corrected chi connectivity index (χ1v) is 10.1. The minimum absolute atomic E-state index is 0.00914. The Bertz CT molecular complexity index is 863. The molecule has 5 heteroatoms. The first kappa shape index (κ1) is 20.5. The van der Waals surface area contributed by atoms with Crippen molar-refractivity contribution < 1.29 is 9.59 Å². The van der Waals surface area contributed by atoms with E-state index in [1.54, 1.807) is 0 Å². The predicted octanol–water partition coefficient (Wildman–Crippen LogP) is 3.79. The van der Waals surface area contributed by atoms with E-state index in [1.807, 2.05) is 20.8 Å². The highest BCUT2D eigenvalue weighted by Crippen LogP contribution is 2.20. The Kier molecular flexibility index (Phi) is 6.47. The number of carbonyl (C=O) groups excluding carboxylic acids is 2. The number of likely N-dealkylation sites (tertiary alicyclic amines) is 1. The fraction of sp³-hybridized carbons (Fsp3) is 0.478. The Morgan fingerprint density at radius 3 is 2.39 bits per heavy atom. The van der Waals surface area contributed by atoms with E-state index < -0.39 is 0 Å². The average Bonchev–Trinajstić information content (AvgIpc) is 3.27. The smallest absolute Gasteiger partial charge is 0.195 e. The van der Waals surface area contributed by atoms with Crippen molar-refractivity contribution in [2.45, 2.75) is 59.7 Å². The zero-order valence-corrected chi connectivity index (χ0v) is 17.4. The molecule has 1 fully saturated rings. The number of nitrogens with zero attached hydrogens (tertiary/aromatic N) is 1. The summed E-state index contributed by atoms with van der Waals surface area (Å²) in [5.74, 6) is -0.0214. The van der Waals surface area contributed by atoms with Crippen LogP contribution >= 0.6 is 0 Å². The third-order valence-corrected chi connectivity index (χ3v) is 5.74. The second-order valence-corrected chi connectivity index (χ2v) is 7.90. The van der Waals surface area contributed by atoms with Crippen molar-refractivity contribution in [2.24, 2.45) is 0 Å². The van der Waals surface area contributed by atoms with Crippen molar-refractivity contribution >= 4 is 11.6 Å². The lowest BCUT2D eigenvalue weighted by molar-refractivity contribution is 0.0945. The van der Waals surface area contributed by atoms with Crippen molar-refractivity contribution in [3.05, 3.63) is 57.9 Å². The number of aryl methyl sites for hydroxylation is 1. The number of Topliss-reactive ketones (excluding diaryl/α,β-unsaturated/α-hetero) is 2. The first-order valence-electron chi connectivity index (χ1n) is 10.1. The van der Waals surface area contributed by atoms with Gasteiger partial charge in [0.2, 0.25) is 0 Å². The summed E-state index contributed by atoms with van der Waals surface area (Å²) >= 11 is 0. The molecule has 3 rings (SSSR count). The van der Waals surface area contributed by atoms with Crippen LogP contribution in [-0.2, 0) is 13.1 Å². The zero-order chi connectivity index (χ0) is 20.3. The van der Waals surface area contributed by atoms with E-state index in [4.69, 9.17) is 0 Å². The minimum atomic E-state index is -0.337. The Labute approximate surface area is 167 Å². The Morgan fingerprint density at radius 1 is 1.14 bits per heavy atom. The molecule has 150 valence electrons. The Hall–Kier alpha value is -2.24. The van der Waals surface area contributed by atoms with Crippen molar-refractivity contribution in [3.8, 4) is 0 Å². The number of rotatable bonds is 8. The second kappa shape index (κ2) is 8.84. The molecule has 2 heterocycles. The van der Waals surface area contributed by atoms with E-state index in [0.717, 1.165) is 17.8 Å². The van der Waals surface area contributed by atoms with E-state index >= 15 is 0 Å². The molecule has 1 saturated heterocycles. The predicted molar refractivity (Wildman–Crippen MR) is 112 cm³/mol. The molecule has 1 aliphatic heterocycles. The lowest BCUT2D eigenvalue weighted by Gasteiger charge is -2.19. The van der Waals surface area contributed by atoms with Gasteiger partial charge in [-0.2, -0.15) is 0 Å². The van der Waals surface area contributed by atoms with Gasteiger partial charge in [0.25, 0.3) is 0 Å². The minimum Gasteiger partial charge on any atom is -0.355 e. The van der Waals surface area contributed by atoms with Crippen LogP contribution in [0.3, 0.4) is 0 Å². The molecule has 0 radical (unpaired) electrons. The summed E-state index contributed by atoms with van der Waals surface area (Å²) < 4.78 is 0. The van der Waals surface area contributed by atoms with Gasteiger partial charge < -0.3 is 10.3 Å². The van der Waals surface area contributed by atoms with Gasteiger partial charge in [-0.3, -0.25) is 14.5 Å². The lowest BCUT2D eigenvalue weighted by Crippen LogP contribution is -2.34. The number of hydrogen-bond donors (Lipinski definition) is 2. The lowest BCUT2D eigenvalue weighted by atomic mass is 10.0. The quantitative estimate of drug-likeness (QED) is 0.683. The number of carbonyl (C=O) groups is 2. The number of benzene rings is 1. The van der Waals surface area contributed by atoms with Crippen LogP contribution in [0.5, 0.6) is 0 Å². The highest BCUT2D eigenvalue weighted by Gasteiger charge is 2.23. The van der Waals surface area contributed by atoms with Gasteiger partial charge in [-0.05, 0) is 70.3 Å². The van der Waals surface area contributed by atoms with Crippen LogP contribution < -0.4 is 5.32 Å². The van der Waals surface area contributed by atoms with E-state index in [9.17, 15) is 9.59 Å². The summed E-state index contributed by atoms with van der Waals surface area (Å²) in [6.07, 6.45) is 2.56. The molecule has 1 aromatic carbocycles. The number of hydrogen-bond acceptors (Lipinski definition) is 4. The summed E-state index contributed by atoms with van der Waals surface area (Å²) in [4.78, 5) is 30.4. The Morgan fingerprint density at radius 2 is 1.79 bits per heavy atom. The highest BCUT2D eigenvalue weighted by molar-refractivity contribution is 6.05. The zero-order valence-electron chi connectivity index (χ0n) is 17.4. The van der Waals surface area contributed by atoms with Crippen LogP contribution in [0.4, 0.5) is 0 Å². The van der Waals surface area contributed by atoms with E-state index in [0.29, 0.717) is 17.8 Å². The molecule has 0 aliphatic carbocycles. The summed E-state index contributed by atoms with van der Waals surface area (Å²) in [5, 5.41) is 3.37. The van der Waals surface area contributed by atoms with Crippen molar-refractivity contribution in [1.29, 1.82) is 0 Å². The van der Waals surface area contributed by atoms with Crippen LogP contribution in [-0.4, -0.2) is 40.6 Å². The number of aromatic amines is 1. The number of aromatic nitrogens is 1. The van der Waals surface area contributed by atoms with Crippen molar-refractivity contribution in [2.75, 3.05) is 13.1 Å². The van der Waals surface area contributed by atoms with E-state index in [1.165, 1.54) is 44.0 Å². The van der Waals surface area contributed by atoms with Gasteiger partial charge in [-0.15, -0.1) is 0 Å². The molecule has 2 N–H and O–H groups in total. The molecule has 1 atom stereocenters. The van der Waals surface area contributed by atoms with Crippen molar-refractivity contribution in [1.82, 2.24) is 15.2 Å². The summed E-state index contributed by atoms with van der Waals surface area (Å²) in [6, 6.07) is 8.11. The molecule has 28 heavy (non-hydrogen) atoms. The third kappa shape index (κ3) is 4.42. The molecular formula is C23H31N3O2. The van der Waals surface area contributed by atoms with Crippen LogP contribution in [0.2, 0.25) is 0 Å². The summed E-state index contributed by atoms with van der Waals surface area (Å²) in [7, 11) is 0. The fourth-order valence-electron chi connectivity index (χ4n) is 4.16. The van der Waals surface area contributed by atoms with Crippen LogP contribution in [0.15, 0.2) is 24.3 Å². The van der Waals surface area contributed by atoms with Gasteiger partial charge in [0.05, 0.1) is 11.7 Å². The summed E-state index contributed by atoms with van der Waals surface area (Å²) in [6.45, 7) is 11.1. The van der Waals surface area contributed by atoms with Crippen LogP contribution in [0, 0.1) is 13.8 Å².